The first kappa shape index (κ1) is 18.8. The van der Waals surface area contributed by atoms with Crippen LogP contribution in [-0.4, -0.2) is 41.3 Å². The Morgan fingerprint density at radius 1 is 0.933 bits per heavy atom. The predicted octanol–water partition coefficient (Wildman–Crippen LogP) is 3.75. The molecule has 2 aromatic heterocycles. The summed E-state index contributed by atoms with van der Waals surface area (Å²) in [5.74, 6) is 1.73. The van der Waals surface area contributed by atoms with E-state index in [2.05, 4.69) is 63.7 Å². The summed E-state index contributed by atoms with van der Waals surface area (Å²) in [6.45, 7) is 4.65. The van der Waals surface area contributed by atoms with Gasteiger partial charge in [0.15, 0.2) is 5.82 Å². The quantitative estimate of drug-likeness (QED) is 0.517. The van der Waals surface area contributed by atoms with E-state index in [9.17, 15) is 0 Å². The standard InChI is InChI=1S/C24H25N5O/c1-2-5-18(6-3-1)16-25-17-19-15-23(29-11-13-30-14-12-29)28-24(27-19)21-7-4-8-22-20(21)9-10-26-22/h1-10,15,25-26H,11-14,16-17H2. The maximum absolute atomic E-state index is 5.53. The first-order chi connectivity index (χ1) is 14.9. The van der Waals surface area contributed by atoms with E-state index in [1.807, 2.05) is 18.3 Å². The number of aromatic nitrogens is 3. The molecule has 6 heteroatoms. The number of H-pyrrole nitrogens is 1. The van der Waals surface area contributed by atoms with Gasteiger partial charge in [0, 0.05) is 54.9 Å². The molecule has 2 N–H and O–H groups in total. The van der Waals surface area contributed by atoms with E-state index in [4.69, 9.17) is 14.7 Å². The molecule has 0 saturated carbocycles. The second-order valence-electron chi connectivity index (χ2n) is 7.47. The van der Waals surface area contributed by atoms with Crippen LogP contribution < -0.4 is 10.2 Å². The fraction of sp³-hybridized carbons (Fsp3) is 0.250. The van der Waals surface area contributed by atoms with E-state index >= 15 is 0 Å². The fourth-order valence-electron chi connectivity index (χ4n) is 3.86. The topological polar surface area (TPSA) is 66.1 Å². The zero-order valence-electron chi connectivity index (χ0n) is 16.8. The van der Waals surface area contributed by atoms with E-state index in [-0.39, 0.29) is 0 Å². The molecule has 5 rings (SSSR count). The number of rotatable bonds is 6. The van der Waals surface area contributed by atoms with Crippen molar-refractivity contribution in [1.82, 2.24) is 20.3 Å². The minimum absolute atomic E-state index is 0.685. The number of aromatic amines is 1. The lowest BCUT2D eigenvalue weighted by Gasteiger charge is -2.28. The third-order valence-electron chi connectivity index (χ3n) is 5.41. The average Bonchev–Trinajstić information content (AvgIpc) is 3.29. The van der Waals surface area contributed by atoms with Crippen LogP contribution in [0.4, 0.5) is 5.82 Å². The van der Waals surface area contributed by atoms with Gasteiger partial charge in [0.05, 0.1) is 18.9 Å². The van der Waals surface area contributed by atoms with Gasteiger partial charge in [-0.15, -0.1) is 0 Å². The number of nitrogens with one attached hydrogen (secondary N) is 2. The summed E-state index contributed by atoms with van der Waals surface area (Å²) in [4.78, 5) is 15.4. The Hall–Kier alpha value is -3.22. The van der Waals surface area contributed by atoms with Gasteiger partial charge in [0.1, 0.15) is 5.82 Å². The smallest absolute Gasteiger partial charge is 0.162 e. The van der Waals surface area contributed by atoms with Crippen LogP contribution in [0.1, 0.15) is 11.3 Å². The van der Waals surface area contributed by atoms with Crippen molar-refractivity contribution in [3.05, 3.63) is 78.1 Å². The molecule has 2 aromatic carbocycles. The molecule has 30 heavy (non-hydrogen) atoms. The Morgan fingerprint density at radius 2 is 1.80 bits per heavy atom. The second-order valence-corrected chi connectivity index (χ2v) is 7.47. The van der Waals surface area contributed by atoms with Crippen molar-refractivity contribution in [2.45, 2.75) is 13.1 Å². The van der Waals surface area contributed by atoms with Crippen LogP contribution in [0.2, 0.25) is 0 Å². The summed E-state index contributed by atoms with van der Waals surface area (Å²) in [6.07, 6.45) is 1.96. The Morgan fingerprint density at radius 3 is 2.67 bits per heavy atom. The molecule has 0 atom stereocenters. The molecular weight excluding hydrogens is 374 g/mol. The second kappa shape index (κ2) is 8.65. The van der Waals surface area contributed by atoms with Gasteiger partial charge in [-0.2, -0.15) is 0 Å². The fourth-order valence-corrected chi connectivity index (χ4v) is 3.86. The molecule has 0 spiro atoms. The Bertz CT molecular complexity index is 1120. The maximum atomic E-state index is 5.53. The zero-order valence-corrected chi connectivity index (χ0v) is 16.8. The number of benzene rings is 2. The third-order valence-corrected chi connectivity index (χ3v) is 5.41. The largest absolute Gasteiger partial charge is 0.378 e. The molecule has 0 unspecified atom stereocenters. The minimum Gasteiger partial charge on any atom is -0.378 e. The molecule has 1 saturated heterocycles. The summed E-state index contributed by atoms with van der Waals surface area (Å²) >= 11 is 0. The highest BCUT2D eigenvalue weighted by Gasteiger charge is 2.17. The summed E-state index contributed by atoms with van der Waals surface area (Å²) in [5.41, 5.74) is 4.40. The van der Waals surface area contributed by atoms with Gasteiger partial charge in [0.25, 0.3) is 0 Å². The third kappa shape index (κ3) is 4.06. The monoisotopic (exact) mass is 399 g/mol. The van der Waals surface area contributed by atoms with Crippen molar-refractivity contribution < 1.29 is 4.74 Å². The molecule has 6 nitrogen and oxygen atoms in total. The van der Waals surface area contributed by atoms with Gasteiger partial charge in [-0.1, -0.05) is 42.5 Å². The lowest BCUT2D eigenvalue weighted by atomic mass is 10.1. The van der Waals surface area contributed by atoms with Crippen LogP contribution in [0.5, 0.6) is 0 Å². The normalized spacial score (nSPS) is 14.3. The van der Waals surface area contributed by atoms with Crippen molar-refractivity contribution in [3.63, 3.8) is 0 Å². The van der Waals surface area contributed by atoms with Crippen LogP contribution in [-0.2, 0) is 17.8 Å². The number of ether oxygens (including phenoxy) is 1. The molecule has 1 fully saturated rings. The highest BCUT2D eigenvalue weighted by Crippen LogP contribution is 2.27. The molecule has 0 radical (unpaired) electrons. The molecular formula is C24H25N5O. The van der Waals surface area contributed by atoms with E-state index in [1.54, 1.807) is 0 Å². The van der Waals surface area contributed by atoms with Gasteiger partial charge in [-0.05, 0) is 17.7 Å². The highest BCUT2D eigenvalue weighted by molar-refractivity contribution is 5.93. The molecule has 0 amide bonds. The van der Waals surface area contributed by atoms with Crippen molar-refractivity contribution in [3.8, 4) is 11.4 Å². The molecule has 4 aromatic rings. The van der Waals surface area contributed by atoms with E-state index in [0.29, 0.717) is 6.54 Å². The van der Waals surface area contributed by atoms with Crippen LogP contribution in [0.15, 0.2) is 66.9 Å². The number of hydrogen-bond acceptors (Lipinski definition) is 5. The molecule has 0 bridgehead atoms. The van der Waals surface area contributed by atoms with Gasteiger partial charge in [0.2, 0.25) is 0 Å². The maximum Gasteiger partial charge on any atom is 0.162 e. The SMILES string of the molecule is c1ccc(CNCc2cc(N3CCOCC3)nc(-c3cccc4[nH]ccc34)n2)cc1. The van der Waals surface area contributed by atoms with Crippen molar-refractivity contribution >= 4 is 16.7 Å². The van der Waals surface area contributed by atoms with Gasteiger partial charge < -0.3 is 19.9 Å². The lowest BCUT2D eigenvalue weighted by molar-refractivity contribution is 0.122. The molecule has 152 valence electrons. The first-order valence-electron chi connectivity index (χ1n) is 10.4. The minimum atomic E-state index is 0.685. The van der Waals surface area contributed by atoms with E-state index < -0.39 is 0 Å². The van der Waals surface area contributed by atoms with Crippen molar-refractivity contribution in [2.24, 2.45) is 0 Å². The molecule has 3 heterocycles. The summed E-state index contributed by atoms with van der Waals surface area (Å²) in [5, 5.41) is 4.66. The highest BCUT2D eigenvalue weighted by atomic mass is 16.5. The van der Waals surface area contributed by atoms with E-state index in [1.165, 1.54) is 5.56 Å². The predicted molar refractivity (Wildman–Crippen MR) is 119 cm³/mol. The number of fused-ring (bicyclic) bond motifs is 1. The molecule has 1 aliphatic heterocycles. The Balaban J connectivity index is 1.46. The number of nitrogens with zero attached hydrogens (tertiary/aromatic N) is 3. The van der Waals surface area contributed by atoms with Crippen LogP contribution >= 0.6 is 0 Å². The van der Waals surface area contributed by atoms with Gasteiger partial charge in [-0.25, -0.2) is 9.97 Å². The van der Waals surface area contributed by atoms with E-state index in [0.717, 1.165) is 66.7 Å². The number of anilines is 1. The molecule has 0 aliphatic carbocycles. The lowest BCUT2D eigenvalue weighted by Crippen LogP contribution is -2.37. The summed E-state index contributed by atoms with van der Waals surface area (Å²) < 4.78 is 5.53. The summed E-state index contributed by atoms with van der Waals surface area (Å²) in [7, 11) is 0. The number of morpholine rings is 1. The Kier molecular flexibility index (Phi) is 5.42. The van der Waals surface area contributed by atoms with Crippen molar-refractivity contribution in [1.29, 1.82) is 0 Å². The first-order valence-corrected chi connectivity index (χ1v) is 10.4. The van der Waals surface area contributed by atoms with Gasteiger partial charge in [-0.3, -0.25) is 0 Å². The number of hydrogen-bond donors (Lipinski definition) is 2. The average molecular weight is 399 g/mol. The summed E-state index contributed by atoms with van der Waals surface area (Å²) in [6, 6.07) is 20.8. The molecule has 1 aliphatic rings. The van der Waals surface area contributed by atoms with Crippen molar-refractivity contribution in [2.75, 3.05) is 31.2 Å². The van der Waals surface area contributed by atoms with Crippen LogP contribution in [0, 0.1) is 0 Å². The van der Waals surface area contributed by atoms with Crippen LogP contribution in [0.25, 0.3) is 22.3 Å². The van der Waals surface area contributed by atoms with Gasteiger partial charge >= 0.3 is 0 Å². The van der Waals surface area contributed by atoms with Crippen LogP contribution in [0.3, 0.4) is 0 Å². The zero-order chi connectivity index (χ0) is 20.2. The Labute approximate surface area is 175 Å².